The number of carbonyl (C=O) groups excluding carboxylic acids is 1. The molecule has 0 unspecified atom stereocenters. The van der Waals surface area contributed by atoms with Crippen LogP contribution in [0.4, 0.5) is 13.2 Å². The first-order chi connectivity index (χ1) is 8.15. The number of aromatic nitrogens is 1. The summed E-state index contributed by atoms with van der Waals surface area (Å²) in [4.78, 5) is 15.2. The molecule has 1 aromatic heterocycles. The monoisotopic (exact) mass is 280 g/mol. The molecule has 0 spiro atoms. The van der Waals surface area contributed by atoms with E-state index in [4.69, 9.17) is 11.6 Å². The summed E-state index contributed by atoms with van der Waals surface area (Å²) in [5.41, 5.74) is -1.62. The number of halogens is 4. The van der Waals surface area contributed by atoms with Crippen molar-refractivity contribution in [2.24, 2.45) is 0 Å². The SMILES string of the molecule is CC(C)(CCl)NC(=O)c1ccc(C(F)(F)F)cn1. The molecule has 100 valence electrons. The third kappa shape index (κ3) is 3.87. The van der Waals surface area contributed by atoms with E-state index in [0.29, 0.717) is 6.20 Å². The zero-order valence-corrected chi connectivity index (χ0v) is 10.6. The molecule has 7 heteroatoms. The lowest BCUT2D eigenvalue weighted by atomic mass is 10.1. The topological polar surface area (TPSA) is 42.0 Å². The van der Waals surface area contributed by atoms with Gasteiger partial charge in [0.2, 0.25) is 0 Å². The summed E-state index contributed by atoms with van der Waals surface area (Å²) in [5, 5.41) is 2.57. The Morgan fingerprint density at radius 1 is 1.39 bits per heavy atom. The molecule has 0 saturated heterocycles. The zero-order chi connectivity index (χ0) is 14.0. The van der Waals surface area contributed by atoms with E-state index in [0.717, 1.165) is 12.1 Å². The molecule has 0 aromatic carbocycles. The molecule has 1 heterocycles. The van der Waals surface area contributed by atoms with Gasteiger partial charge in [-0.3, -0.25) is 9.78 Å². The molecule has 1 rings (SSSR count). The van der Waals surface area contributed by atoms with Gasteiger partial charge in [-0.05, 0) is 26.0 Å². The second-order valence-electron chi connectivity index (χ2n) is 4.40. The smallest absolute Gasteiger partial charge is 0.345 e. The quantitative estimate of drug-likeness (QED) is 0.865. The van der Waals surface area contributed by atoms with Gasteiger partial charge in [0.15, 0.2) is 0 Å². The van der Waals surface area contributed by atoms with Crippen LogP contribution >= 0.6 is 11.6 Å². The molecule has 1 aromatic rings. The van der Waals surface area contributed by atoms with Crippen LogP contribution in [0.15, 0.2) is 18.3 Å². The van der Waals surface area contributed by atoms with Gasteiger partial charge in [-0.1, -0.05) is 0 Å². The number of nitrogens with one attached hydrogen (secondary N) is 1. The molecular weight excluding hydrogens is 269 g/mol. The van der Waals surface area contributed by atoms with Gasteiger partial charge in [-0.2, -0.15) is 13.2 Å². The van der Waals surface area contributed by atoms with Gasteiger partial charge in [0.25, 0.3) is 5.91 Å². The van der Waals surface area contributed by atoms with E-state index in [1.807, 2.05) is 0 Å². The lowest BCUT2D eigenvalue weighted by Crippen LogP contribution is -2.45. The van der Waals surface area contributed by atoms with Crippen molar-refractivity contribution in [3.63, 3.8) is 0 Å². The van der Waals surface area contributed by atoms with Gasteiger partial charge in [0, 0.05) is 17.6 Å². The van der Waals surface area contributed by atoms with Crippen LogP contribution in [0.2, 0.25) is 0 Å². The maximum atomic E-state index is 12.3. The lowest BCUT2D eigenvalue weighted by Gasteiger charge is -2.22. The van der Waals surface area contributed by atoms with Crippen molar-refractivity contribution < 1.29 is 18.0 Å². The summed E-state index contributed by atoms with van der Waals surface area (Å²) in [7, 11) is 0. The highest BCUT2D eigenvalue weighted by atomic mass is 35.5. The third-order valence-electron chi connectivity index (χ3n) is 2.11. The van der Waals surface area contributed by atoms with Crippen LogP contribution in [0, 0.1) is 0 Å². The molecule has 0 atom stereocenters. The van der Waals surface area contributed by atoms with E-state index in [-0.39, 0.29) is 11.6 Å². The van der Waals surface area contributed by atoms with Gasteiger partial charge in [0.05, 0.1) is 5.56 Å². The van der Waals surface area contributed by atoms with Crippen molar-refractivity contribution in [3.05, 3.63) is 29.6 Å². The Kier molecular flexibility index (Phi) is 4.21. The standard InChI is InChI=1S/C11H12ClF3N2O/c1-10(2,6-12)17-9(18)8-4-3-7(5-16-8)11(13,14)15/h3-5H,6H2,1-2H3,(H,17,18). The van der Waals surface area contributed by atoms with Crippen molar-refractivity contribution in [2.75, 3.05) is 5.88 Å². The summed E-state index contributed by atoms with van der Waals surface area (Å²) in [5.74, 6) is -0.381. The summed E-state index contributed by atoms with van der Waals surface area (Å²) in [6, 6.07) is 1.85. The van der Waals surface area contributed by atoms with Crippen molar-refractivity contribution in [1.82, 2.24) is 10.3 Å². The van der Waals surface area contributed by atoms with Crippen LogP contribution in [0.25, 0.3) is 0 Å². The molecule has 0 radical (unpaired) electrons. The highest BCUT2D eigenvalue weighted by molar-refractivity contribution is 6.18. The molecule has 18 heavy (non-hydrogen) atoms. The van der Waals surface area contributed by atoms with Crippen LogP contribution in [-0.2, 0) is 6.18 Å². The number of hydrogen-bond donors (Lipinski definition) is 1. The Labute approximate surface area is 107 Å². The first kappa shape index (κ1) is 14.8. The molecule has 0 aliphatic carbocycles. The van der Waals surface area contributed by atoms with Crippen molar-refractivity contribution in [2.45, 2.75) is 25.6 Å². The van der Waals surface area contributed by atoms with Gasteiger partial charge in [0.1, 0.15) is 5.69 Å². The minimum atomic E-state index is -4.46. The number of alkyl halides is 4. The first-order valence-electron chi connectivity index (χ1n) is 5.07. The van der Waals surface area contributed by atoms with Gasteiger partial charge >= 0.3 is 6.18 Å². The summed E-state index contributed by atoms with van der Waals surface area (Å²) in [6.45, 7) is 3.39. The van der Waals surface area contributed by atoms with E-state index in [2.05, 4.69) is 10.3 Å². The predicted octanol–water partition coefficient (Wildman–Crippen LogP) is 2.85. The Hall–Kier alpha value is -1.30. The predicted molar refractivity (Wildman–Crippen MR) is 61.5 cm³/mol. The van der Waals surface area contributed by atoms with Crippen LogP contribution in [0.3, 0.4) is 0 Å². The fourth-order valence-electron chi connectivity index (χ4n) is 1.10. The number of hydrogen-bond acceptors (Lipinski definition) is 2. The minimum Gasteiger partial charge on any atom is -0.345 e. The van der Waals surface area contributed by atoms with Crippen LogP contribution < -0.4 is 5.32 Å². The minimum absolute atomic E-state index is 0.0822. The molecular formula is C11H12ClF3N2O. The number of pyridine rings is 1. The second kappa shape index (κ2) is 5.14. The second-order valence-corrected chi connectivity index (χ2v) is 4.67. The summed E-state index contributed by atoms with van der Waals surface area (Å²) >= 11 is 5.63. The average Bonchev–Trinajstić information content (AvgIpc) is 2.27. The average molecular weight is 281 g/mol. The number of carbonyl (C=O) groups is 1. The van der Waals surface area contributed by atoms with Crippen LogP contribution in [-0.4, -0.2) is 22.3 Å². The molecule has 0 bridgehead atoms. The maximum absolute atomic E-state index is 12.3. The van der Waals surface area contributed by atoms with E-state index in [1.165, 1.54) is 0 Å². The molecule has 1 N–H and O–H groups in total. The number of nitrogens with zero attached hydrogens (tertiary/aromatic N) is 1. The highest BCUT2D eigenvalue weighted by Crippen LogP contribution is 2.28. The van der Waals surface area contributed by atoms with E-state index < -0.39 is 23.2 Å². The Morgan fingerprint density at radius 3 is 2.39 bits per heavy atom. The van der Waals surface area contributed by atoms with Gasteiger partial charge in [-0.15, -0.1) is 11.6 Å². The summed E-state index contributed by atoms with van der Waals surface area (Å²) < 4.78 is 36.9. The number of amides is 1. The van der Waals surface area contributed by atoms with Crippen LogP contribution in [0.5, 0.6) is 0 Å². The molecule has 0 fully saturated rings. The van der Waals surface area contributed by atoms with E-state index >= 15 is 0 Å². The first-order valence-corrected chi connectivity index (χ1v) is 5.61. The lowest BCUT2D eigenvalue weighted by molar-refractivity contribution is -0.137. The maximum Gasteiger partial charge on any atom is 0.417 e. The number of rotatable bonds is 3. The van der Waals surface area contributed by atoms with E-state index in [9.17, 15) is 18.0 Å². The zero-order valence-electron chi connectivity index (χ0n) is 9.81. The normalized spacial score (nSPS) is 12.3. The molecule has 0 saturated carbocycles. The fraction of sp³-hybridized carbons (Fsp3) is 0.455. The molecule has 3 nitrogen and oxygen atoms in total. The molecule has 0 aliphatic rings. The van der Waals surface area contributed by atoms with Gasteiger partial charge < -0.3 is 5.32 Å². The van der Waals surface area contributed by atoms with Crippen molar-refractivity contribution >= 4 is 17.5 Å². The Balaban J connectivity index is 2.83. The fourth-order valence-corrected chi connectivity index (χ4v) is 1.17. The summed E-state index contributed by atoms with van der Waals surface area (Å²) in [6.07, 6.45) is -3.83. The highest BCUT2D eigenvalue weighted by Gasteiger charge is 2.31. The van der Waals surface area contributed by atoms with Crippen molar-refractivity contribution in [3.8, 4) is 0 Å². The van der Waals surface area contributed by atoms with E-state index in [1.54, 1.807) is 13.8 Å². The largest absolute Gasteiger partial charge is 0.417 e. The van der Waals surface area contributed by atoms with Crippen LogP contribution in [0.1, 0.15) is 29.9 Å². The third-order valence-corrected chi connectivity index (χ3v) is 2.78. The van der Waals surface area contributed by atoms with Crippen molar-refractivity contribution in [1.29, 1.82) is 0 Å². The molecule has 1 amide bonds. The van der Waals surface area contributed by atoms with Gasteiger partial charge in [-0.25, -0.2) is 0 Å². The Bertz CT molecular complexity index is 429. The Morgan fingerprint density at radius 2 is 2.00 bits per heavy atom. The molecule has 0 aliphatic heterocycles.